The maximum Gasteiger partial charge on any atom is 0.264 e. The van der Waals surface area contributed by atoms with E-state index in [1.165, 1.54) is 11.4 Å². The molecular formula is C26H28N4O3S. The number of amidine groups is 1. The molecule has 0 unspecified atom stereocenters. The van der Waals surface area contributed by atoms with Crippen LogP contribution in [0, 0.1) is 5.41 Å². The lowest BCUT2D eigenvalue weighted by Crippen LogP contribution is -2.38. The zero-order chi connectivity index (χ0) is 24.3. The van der Waals surface area contributed by atoms with Crippen LogP contribution in [0.2, 0.25) is 0 Å². The predicted octanol–water partition coefficient (Wildman–Crippen LogP) is 3.71. The molecule has 0 atom stereocenters. The number of benzene rings is 3. The number of carbonyl (C=O) groups excluding carboxylic acids is 1. The second-order valence-electron chi connectivity index (χ2n) is 8.33. The monoisotopic (exact) mass is 476 g/mol. The second-order valence-corrected chi connectivity index (χ2v) is 10.3. The summed E-state index contributed by atoms with van der Waals surface area (Å²) in [6.07, 6.45) is 2.45. The number of fused-ring (bicyclic) bond motifs is 1. The molecule has 0 spiro atoms. The molecular weight excluding hydrogens is 448 g/mol. The fourth-order valence-corrected chi connectivity index (χ4v) is 5.47. The summed E-state index contributed by atoms with van der Waals surface area (Å²) in [7, 11) is -2.24. The van der Waals surface area contributed by atoms with Crippen molar-refractivity contribution < 1.29 is 13.2 Å². The highest BCUT2D eigenvalue weighted by molar-refractivity contribution is 7.92. The lowest BCUT2D eigenvalue weighted by molar-refractivity contribution is -0.118. The fourth-order valence-electron chi connectivity index (χ4n) is 4.25. The number of rotatable bonds is 7. The zero-order valence-corrected chi connectivity index (χ0v) is 19.9. The Bertz CT molecular complexity index is 1310. The number of sulfonamides is 1. The summed E-state index contributed by atoms with van der Waals surface area (Å²) in [5.41, 5.74) is 9.28. The van der Waals surface area contributed by atoms with Gasteiger partial charge in [0.05, 0.1) is 16.3 Å². The standard InChI is InChI=1S/C26H28N4O3S/c1-29(34(32,33)22-9-3-2-4-10-22)23-11-5-7-20-8-6-18-30(25(20)23)24(31)17-14-19-12-15-21(16-13-19)26(27)28/h2-5,7,9-13,15-16H,6,8,14,17-18H2,1H3,(H3,27,28). The zero-order valence-electron chi connectivity index (χ0n) is 19.1. The minimum absolute atomic E-state index is 0.00894. The van der Waals surface area contributed by atoms with Crippen molar-refractivity contribution >= 4 is 33.1 Å². The van der Waals surface area contributed by atoms with Crippen molar-refractivity contribution in [2.45, 2.75) is 30.6 Å². The molecule has 0 fully saturated rings. The third kappa shape index (κ3) is 4.68. The Balaban J connectivity index is 1.60. The number of anilines is 2. The van der Waals surface area contributed by atoms with Gasteiger partial charge in [-0.3, -0.25) is 14.5 Å². The molecule has 8 heteroatoms. The highest BCUT2D eigenvalue weighted by Crippen LogP contribution is 2.38. The van der Waals surface area contributed by atoms with E-state index in [2.05, 4.69) is 0 Å². The average molecular weight is 477 g/mol. The number of carbonyl (C=O) groups is 1. The number of hydrogen-bond donors (Lipinski definition) is 2. The summed E-state index contributed by atoms with van der Waals surface area (Å²) < 4.78 is 27.8. The normalized spacial score (nSPS) is 13.3. The molecule has 1 aliphatic heterocycles. The Kier molecular flexibility index (Phi) is 6.70. The van der Waals surface area contributed by atoms with Gasteiger partial charge in [-0.15, -0.1) is 0 Å². The van der Waals surface area contributed by atoms with E-state index in [9.17, 15) is 13.2 Å². The van der Waals surface area contributed by atoms with Crippen LogP contribution in [0.25, 0.3) is 0 Å². The van der Waals surface area contributed by atoms with Crippen LogP contribution in [-0.4, -0.2) is 33.8 Å². The Morgan fingerprint density at radius 3 is 2.41 bits per heavy atom. The molecule has 1 heterocycles. The van der Waals surface area contributed by atoms with Crippen molar-refractivity contribution in [2.24, 2.45) is 5.73 Å². The van der Waals surface area contributed by atoms with E-state index >= 15 is 0 Å². The van der Waals surface area contributed by atoms with E-state index in [-0.39, 0.29) is 16.6 Å². The molecule has 1 aliphatic rings. The lowest BCUT2D eigenvalue weighted by atomic mass is 9.99. The molecule has 34 heavy (non-hydrogen) atoms. The van der Waals surface area contributed by atoms with Gasteiger partial charge >= 0.3 is 0 Å². The van der Waals surface area contributed by atoms with Gasteiger partial charge < -0.3 is 10.6 Å². The van der Waals surface area contributed by atoms with Gasteiger partial charge in [-0.05, 0) is 48.6 Å². The molecule has 1 amide bonds. The summed E-state index contributed by atoms with van der Waals surface area (Å²) in [5.74, 6) is -0.0378. The number of aryl methyl sites for hydroxylation is 2. The molecule has 0 radical (unpaired) electrons. The van der Waals surface area contributed by atoms with Gasteiger partial charge in [0, 0.05) is 25.6 Å². The van der Waals surface area contributed by atoms with Gasteiger partial charge in [-0.25, -0.2) is 8.42 Å². The first kappa shape index (κ1) is 23.5. The maximum absolute atomic E-state index is 13.3. The molecule has 3 aromatic carbocycles. The van der Waals surface area contributed by atoms with Gasteiger partial charge in [-0.2, -0.15) is 0 Å². The number of nitrogens with two attached hydrogens (primary N) is 1. The largest absolute Gasteiger partial charge is 0.384 e. The average Bonchev–Trinajstić information content (AvgIpc) is 2.86. The van der Waals surface area contributed by atoms with Crippen molar-refractivity contribution in [1.82, 2.24) is 0 Å². The number of nitrogens with one attached hydrogen (secondary N) is 1. The first-order valence-corrected chi connectivity index (χ1v) is 12.6. The predicted molar refractivity (Wildman–Crippen MR) is 135 cm³/mol. The number of hydrogen-bond acceptors (Lipinski definition) is 4. The van der Waals surface area contributed by atoms with Crippen molar-refractivity contribution in [3.05, 3.63) is 89.5 Å². The van der Waals surface area contributed by atoms with Crippen molar-refractivity contribution in [3.63, 3.8) is 0 Å². The van der Waals surface area contributed by atoms with Gasteiger partial charge in [0.1, 0.15) is 5.84 Å². The van der Waals surface area contributed by atoms with Crippen LogP contribution in [0.4, 0.5) is 11.4 Å². The molecule has 176 valence electrons. The summed E-state index contributed by atoms with van der Waals surface area (Å²) in [6, 6.07) is 21.2. The van der Waals surface area contributed by atoms with Crippen molar-refractivity contribution in [1.29, 1.82) is 5.41 Å². The molecule has 0 saturated carbocycles. The molecule has 3 N–H and O–H groups in total. The van der Waals surface area contributed by atoms with Crippen LogP contribution in [0.3, 0.4) is 0 Å². The summed E-state index contributed by atoms with van der Waals surface area (Å²) >= 11 is 0. The summed E-state index contributed by atoms with van der Waals surface area (Å²) in [5, 5.41) is 7.50. The van der Waals surface area contributed by atoms with E-state index in [1.807, 2.05) is 24.3 Å². The van der Waals surface area contributed by atoms with Gasteiger partial charge in [0.15, 0.2) is 0 Å². The molecule has 3 aromatic rings. The Hall–Kier alpha value is -3.65. The first-order chi connectivity index (χ1) is 16.3. The molecule has 0 saturated heterocycles. The van der Waals surface area contributed by atoms with E-state index < -0.39 is 10.0 Å². The van der Waals surface area contributed by atoms with Crippen LogP contribution in [0.1, 0.15) is 29.5 Å². The minimum atomic E-state index is -3.77. The van der Waals surface area contributed by atoms with Crippen LogP contribution in [-0.2, 0) is 27.7 Å². The van der Waals surface area contributed by atoms with Crippen LogP contribution in [0.15, 0.2) is 77.7 Å². The lowest BCUT2D eigenvalue weighted by Gasteiger charge is -2.34. The topological polar surface area (TPSA) is 108 Å². The molecule has 0 aromatic heterocycles. The highest BCUT2D eigenvalue weighted by atomic mass is 32.2. The summed E-state index contributed by atoms with van der Waals surface area (Å²) in [4.78, 5) is 15.2. The van der Waals surface area contributed by atoms with Gasteiger partial charge in [-0.1, -0.05) is 54.6 Å². The van der Waals surface area contributed by atoms with E-state index in [0.29, 0.717) is 36.3 Å². The molecule has 0 bridgehead atoms. The first-order valence-electron chi connectivity index (χ1n) is 11.2. The SMILES string of the molecule is CN(c1cccc2c1N(C(=O)CCc1ccc(C(=N)N)cc1)CCC2)S(=O)(=O)c1ccccc1. The smallest absolute Gasteiger partial charge is 0.264 e. The van der Waals surface area contributed by atoms with E-state index in [4.69, 9.17) is 11.1 Å². The summed E-state index contributed by atoms with van der Waals surface area (Å²) in [6.45, 7) is 0.547. The highest BCUT2D eigenvalue weighted by Gasteiger charge is 2.30. The van der Waals surface area contributed by atoms with Crippen molar-refractivity contribution in [3.8, 4) is 0 Å². The van der Waals surface area contributed by atoms with Gasteiger partial charge in [0.2, 0.25) is 5.91 Å². The number of amides is 1. The second kappa shape index (κ2) is 9.69. The maximum atomic E-state index is 13.3. The Morgan fingerprint density at radius 1 is 1.03 bits per heavy atom. The number of para-hydroxylation sites is 1. The Morgan fingerprint density at radius 2 is 1.74 bits per heavy atom. The molecule has 0 aliphatic carbocycles. The third-order valence-electron chi connectivity index (χ3n) is 6.13. The number of nitrogens with zero attached hydrogens (tertiary/aromatic N) is 2. The quantitative estimate of drug-likeness (QED) is 0.400. The Labute approximate surface area is 200 Å². The van der Waals surface area contributed by atoms with Gasteiger partial charge in [0.25, 0.3) is 10.0 Å². The van der Waals surface area contributed by atoms with Crippen LogP contribution >= 0.6 is 0 Å². The van der Waals surface area contributed by atoms with Crippen LogP contribution < -0.4 is 14.9 Å². The minimum Gasteiger partial charge on any atom is -0.384 e. The molecule has 4 rings (SSSR count). The van der Waals surface area contributed by atoms with E-state index in [1.54, 1.807) is 53.4 Å². The molecule has 7 nitrogen and oxygen atoms in total. The number of nitrogen functional groups attached to an aromatic ring is 1. The van der Waals surface area contributed by atoms with E-state index in [0.717, 1.165) is 24.0 Å². The van der Waals surface area contributed by atoms with Crippen LogP contribution in [0.5, 0.6) is 0 Å². The fraction of sp³-hybridized carbons (Fsp3) is 0.231. The van der Waals surface area contributed by atoms with Crippen molar-refractivity contribution in [2.75, 3.05) is 22.8 Å². The third-order valence-corrected chi connectivity index (χ3v) is 7.92.